The minimum atomic E-state index is -4.60. The van der Waals surface area contributed by atoms with Crippen LogP contribution in [0.5, 0.6) is 0 Å². The zero-order valence-electron chi connectivity index (χ0n) is 23.7. The number of carbonyl (C=O) groups excluding carboxylic acids is 2. The number of benzene rings is 1. The number of anilines is 2. The molecule has 44 heavy (non-hydrogen) atoms. The Labute approximate surface area is 249 Å². The highest BCUT2D eigenvalue weighted by molar-refractivity contribution is 5.96. The smallest absolute Gasteiger partial charge is 0.433 e. The quantitative estimate of drug-likeness (QED) is 0.121. The Morgan fingerprint density at radius 3 is 2.61 bits per heavy atom. The molecule has 5 rings (SSSR count). The van der Waals surface area contributed by atoms with Crippen molar-refractivity contribution in [1.29, 1.82) is 0 Å². The molecule has 3 heterocycles. The summed E-state index contributed by atoms with van der Waals surface area (Å²) in [4.78, 5) is 42.1. The van der Waals surface area contributed by atoms with Crippen molar-refractivity contribution in [2.24, 2.45) is 11.7 Å². The van der Waals surface area contributed by atoms with Crippen LogP contribution >= 0.6 is 0 Å². The van der Waals surface area contributed by atoms with Crippen molar-refractivity contribution in [3.63, 3.8) is 0 Å². The van der Waals surface area contributed by atoms with Crippen LogP contribution < -0.4 is 21.7 Å². The first-order valence-electron chi connectivity index (χ1n) is 13.8. The molecule has 7 N–H and O–H groups in total. The number of amides is 2. The number of imidazole rings is 1. The Morgan fingerprint density at radius 2 is 1.93 bits per heavy atom. The van der Waals surface area contributed by atoms with Crippen molar-refractivity contribution in [2.75, 3.05) is 18.4 Å². The first-order valence-corrected chi connectivity index (χ1v) is 13.8. The van der Waals surface area contributed by atoms with Crippen LogP contribution in [0, 0.1) is 5.92 Å². The van der Waals surface area contributed by atoms with Gasteiger partial charge in [-0.25, -0.2) is 9.97 Å². The Kier molecular flexibility index (Phi) is 10.2. The minimum Gasteiger partial charge on any atom is -0.483 e. The summed E-state index contributed by atoms with van der Waals surface area (Å²) in [6, 6.07) is 5.29. The van der Waals surface area contributed by atoms with Crippen LogP contribution in [0.3, 0.4) is 0 Å². The number of hydrogen-bond acceptors (Lipinski definition) is 8. The lowest BCUT2D eigenvalue weighted by Gasteiger charge is -2.14. The van der Waals surface area contributed by atoms with Gasteiger partial charge in [-0.1, -0.05) is 6.92 Å². The van der Waals surface area contributed by atoms with Gasteiger partial charge in [0, 0.05) is 48.7 Å². The molecule has 0 aliphatic heterocycles. The van der Waals surface area contributed by atoms with E-state index in [0.29, 0.717) is 42.1 Å². The Hall–Kier alpha value is -4.99. The van der Waals surface area contributed by atoms with Gasteiger partial charge in [0.25, 0.3) is 12.4 Å². The highest BCUT2D eigenvalue weighted by atomic mass is 19.4. The van der Waals surface area contributed by atoms with Gasteiger partial charge in [0.2, 0.25) is 5.91 Å². The minimum absolute atomic E-state index is 0.0318. The summed E-state index contributed by atoms with van der Waals surface area (Å²) in [5.74, 6) is -0.0294. The zero-order chi connectivity index (χ0) is 31.9. The van der Waals surface area contributed by atoms with Crippen LogP contribution in [-0.2, 0) is 22.2 Å². The summed E-state index contributed by atoms with van der Waals surface area (Å²) in [5.41, 5.74) is 7.21. The number of halogens is 3. The van der Waals surface area contributed by atoms with Crippen LogP contribution in [0.1, 0.15) is 47.8 Å². The number of carbonyl (C=O) groups is 3. The molecule has 0 unspecified atom stereocenters. The first kappa shape index (κ1) is 31.9. The molecule has 2 amide bonds. The van der Waals surface area contributed by atoms with Crippen molar-refractivity contribution >= 4 is 35.4 Å². The fourth-order valence-corrected chi connectivity index (χ4v) is 5.08. The van der Waals surface area contributed by atoms with Gasteiger partial charge in [-0.05, 0) is 49.4 Å². The predicted molar refractivity (Wildman–Crippen MR) is 154 cm³/mol. The lowest BCUT2D eigenvalue weighted by Crippen LogP contribution is -2.37. The van der Waals surface area contributed by atoms with E-state index in [1.165, 1.54) is 23.0 Å². The molecule has 0 saturated heterocycles. The van der Waals surface area contributed by atoms with Gasteiger partial charge in [0.1, 0.15) is 5.69 Å². The second kappa shape index (κ2) is 14.0. The van der Waals surface area contributed by atoms with Crippen LogP contribution in [0.15, 0.2) is 43.0 Å². The standard InChI is InChI=1S/C27H30F3N9O2.CH2O2/c1-2-15-12-18(5-6-19(15)26(41)34-8-7-33-25(40)16-3-4-17(31)11-16)37-23-24-35-14-21(39(24)10-9-32-23)20-13-36-38-22(20)27(28,29)30;2-1-3/h5-6,9-10,12-14,16-17H,2-4,7-8,11,31H2,1H3,(H,32,37)(H,33,40)(H,34,41)(H,36,38);1H,(H,2,3)/t16-,17-;/m1./s1. The monoisotopic (exact) mass is 615 g/mol. The summed E-state index contributed by atoms with van der Waals surface area (Å²) < 4.78 is 41.7. The third kappa shape index (κ3) is 7.31. The maximum atomic E-state index is 13.4. The summed E-state index contributed by atoms with van der Waals surface area (Å²) in [6.45, 7) is 2.28. The van der Waals surface area contributed by atoms with Gasteiger partial charge in [0.05, 0.1) is 23.7 Å². The molecule has 0 bridgehead atoms. The Bertz CT molecular complexity index is 1620. The number of aromatic nitrogens is 5. The van der Waals surface area contributed by atoms with Crippen LogP contribution in [0.2, 0.25) is 0 Å². The van der Waals surface area contributed by atoms with E-state index in [0.717, 1.165) is 24.6 Å². The molecule has 1 aromatic carbocycles. The second-order valence-electron chi connectivity index (χ2n) is 10.0. The average Bonchev–Trinajstić information content (AvgIpc) is 3.75. The van der Waals surface area contributed by atoms with Crippen LogP contribution in [-0.4, -0.2) is 67.1 Å². The number of carboxylic acid groups (broad SMARTS) is 1. The number of aromatic amines is 1. The molecule has 13 nitrogen and oxygen atoms in total. The van der Waals surface area contributed by atoms with E-state index in [1.807, 2.05) is 18.1 Å². The van der Waals surface area contributed by atoms with Gasteiger partial charge in [0.15, 0.2) is 11.5 Å². The molecule has 16 heteroatoms. The van der Waals surface area contributed by atoms with Gasteiger partial charge >= 0.3 is 6.18 Å². The SMILES string of the molecule is CCc1cc(Nc2nccn3c(-c4cn[nH]c4C(F)(F)F)cnc23)ccc1C(=O)NCCNC(=O)[C@@H]1CC[C@@H](N)C1.O=CO. The van der Waals surface area contributed by atoms with E-state index < -0.39 is 11.9 Å². The molecule has 1 aliphatic carbocycles. The van der Waals surface area contributed by atoms with Crippen molar-refractivity contribution in [1.82, 2.24) is 35.2 Å². The van der Waals surface area contributed by atoms with E-state index in [2.05, 4.69) is 31.0 Å². The predicted octanol–water partition coefficient (Wildman–Crippen LogP) is 3.12. The van der Waals surface area contributed by atoms with Crippen molar-refractivity contribution < 1.29 is 32.7 Å². The molecule has 1 aliphatic rings. The summed E-state index contributed by atoms with van der Waals surface area (Å²) >= 11 is 0. The van der Waals surface area contributed by atoms with E-state index in [4.69, 9.17) is 15.6 Å². The average molecular weight is 616 g/mol. The summed E-state index contributed by atoms with van der Waals surface area (Å²) in [5, 5.41) is 21.3. The number of nitrogens with two attached hydrogens (primary N) is 1. The Balaban J connectivity index is 0.00000141. The third-order valence-electron chi connectivity index (χ3n) is 7.17. The molecule has 1 fully saturated rings. The van der Waals surface area contributed by atoms with E-state index >= 15 is 0 Å². The van der Waals surface area contributed by atoms with Gasteiger partial charge < -0.3 is 26.8 Å². The zero-order valence-corrected chi connectivity index (χ0v) is 23.7. The van der Waals surface area contributed by atoms with E-state index in [-0.39, 0.29) is 48.0 Å². The first-order chi connectivity index (χ1) is 21.1. The molecule has 0 radical (unpaired) electrons. The number of aryl methyl sites for hydroxylation is 1. The highest BCUT2D eigenvalue weighted by Gasteiger charge is 2.36. The number of fused-ring (bicyclic) bond motifs is 1. The Morgan fingerprint density at radius 1 is 1.18 bits per heavy atom. The second-order valence-corrected chi connectivity index (χ2v) is 10.0. The molecule has 4 aromatic rings. The molecular formula is C28H32F3N9O4. The van der Waals surface area contributed by atoms with Crippen molar-refractivity contribution in [3.8, 4) is 11.3 Å². The molecule has 2 atom stereocenters. The normalized spacial score (nSPS) is 16.2. The molecular weight excluding hydrogens is 583 g/mol. The van der Waals surface area contributed by atoms with E-state index in [1.54, 1.807) is 12.1 Å². The number of hydrogen-bond donors (Lipinski definition) is 6. The number of H-pyrrole nitrogens is 1. The molecule has 3 aromatic heterocycles. The van der Waals surface area contributed by atoms with Crippen molar-refractivity contribution in [2.45, 2.75) is 44.8 Å². The highest BCUT2D eigenvalue weighted by Crippen LogP contribution is 2.36. The third-order valence-corrected chi connectivity index (χ3v) is 7.17. The molecule has 1 saturated carbocycles. The van der Waals surface area contributed by atoms with E-state index in [9.17, 15) is 22.8 Å². The van der Waals surface area contributed by atoms with Gasteiger partial charge in [-0.2, -0.15) is 18.3 Å². The largest absolute Gasteiger partial charge is 0.483 e. The summed E-state index contributed by atoms with van der Waals surface area (Å²) in [7, 11) is 0. The molecule has 234 valence electrons. The number of nitrogens with one attached hydrogen (secondary N) is 4. The molecule has 0 spiro atoms. The fourth-order valence-electron chi connectivity index (χ4n) is 5.08. The van der Waals surface area contributed by atoms with Gasteiger partial charge in [-0.3, -0.25) is 23.9 Å². The lowest BCUT2D eigenvalue weighted by molar-refractivity contribution is -0.140. The summed E-state index contributed by atoms with van der Waals surface area (Å²) in [6.07, 6.45) is 3.71. The maximum Gasteiger partial charge on any atom is 0.433 e. The topological polar surface area (TPSA) is 192 Å². The number of nitrogens with zero attached hydrogens (tertiary/aromatic N) is 4. The van der Waals surface area contributed by atoms with Gasteiger partial charge in [-0.15, -0.1) is 0 Å². The number of alkyl halides is 3. The fraction of sp³-hybridized carbons (Fsp3) is 0.357. The van der Waals surface area contributed by atoms with Crippen LogP contribution in [0.4, 0.5) is 24.7 Å². The lowest BCUT2D eigenvalue weighted by atomic mass is 10.0. The van der Waals surface area contributed by atoms with Crippen LogP contribution in [0.25, 0.3) is 16.9 Å². The maximum absolute atomic E-state index is 13.4. The number of rotatable bonds is 9. The van der Waals surface area contributed by atoms with Crippen molar-refractivity contribution in [3.05, 3.63) is 59.8 Å².